The van der Waals surface area contributed by atoms with Gasteiger partial charge in [0, 0.05) is 74.8 Å². The number of nitrogens with one attached hydrogen (secondary N) is 3. The quantitative estimate of drug-likeness (QED) is 0.175. The smallest absolute Gasteiger partial charge is 0.301 e. The van der Waals surface area contributed by atoms with Crippen LogP contribution in [0.3, 0.4) is 0 Å². The molecule has 4 aromatic heterocycles. The zero-order valence-corrected chi connectivity index (χ0v) is 35.3. The van der Waals surface area contributed by atoms with Gasteiger partial charge in [0.1, 0.15) is 10.8 Å². The molecule has 2 atom stereocenters. The van der Waals surface area contributed by atoms with Gasteiger partial charge in [-0.15, -0.1) is 10.2 Å². The van der Waals surface area contributed by atoms with E-state index in [0.717, 1.165) is 54.2 Å². The Morgan fingerprint density at radius 2 is 1.75 bits per heavy atom. The highest BCUT2D eigenvalue weighted by Crippen LogP contribution is 2.46. The van der Waals surface area contributed by atoms with Crippen LogP contribution >= 0.6 is 11.6 Å². The van der Waals surface area contributed by atoms with Crippen LogP contribution in [0.5, 0.6) is 5.75 Å². The molecule has 2 amide bonds. The number of nitrogens with zero attached hydrogens (tertiary/aromatic N) is 10. The molecular formula is C43H44ClF2N13O4. The van der Waals surface area contributed by atoms with Crippen LogP contribution in [-0.4, -0.2) is 89.1 Å². The lowest BCUT2D eigenvalue weighted by molar-refractivity contribution is -0.134. The fraction of sp³-hybridized carbons (Fsp3) is 0.442. The minimum Gasteiger partial charge on any atom is -0.480 e. The Labute approximate surface area is 363 Å². The number of carbonyl (C=O) groups excluding carboxylic acids is 2. The zero-order valence-electron chi connectivity index (χ0n) is 34.6. The molecule has 5 aliphatic rings. The number of rotatable bonds is 7. The summed E-state index contributed by atoms with van der Waals surface area (Å²) in [6, 6.07) is 10.4. The Bertz CT molecular complexity index is 2920. The topological polar surface area (TPSA) is 182 Å². The molecule has 3 fully saturated rings. The molecule has 1 aliphatic carbocycles. The molecule has 20 heteroatoms. The van der Waals surface area contributed by atoms with Crippen molar-refractivity contribution in [2.45, 2.75) is 75.4 Å². The van der Waals surface area contributed by atoms with Crippen LogP contribution in [0.25, 0.3) is 21.8 Å². The Morgan fingerprint density at radius 3 is 2.54 bits per heavy atom. The number of halogens is 3. The molecule has 17 nitrogen and oxygen atoms in total. The van der Waals surface area contributed by atoms with Crippen molar-refractivity contribution in [3.63, 3.8) is 0 Å². The standard InChI is InChI=1S/C43H44ClF2N13O4/c1-55-30-9-5-24(17-28(30)35-36(41(55)62)63-21-43(45,46)37(50-35)22-3-4-22)48-38-29(44)19-47-42(51-38)58-15-16-59-32(20-58)52-53-39(59)23-11-13-57(14-12-23)25-6-7-26-31(18-25)56(2)54-34(26)27-8-10-33(60)49-40(27)61/h5-7,9,17-19,22-23,27,37,50H,3-4,8,10-16,20-21H2,1-2H3,(H,47,48,51)(H,49,60,61)/t27?,37-/m0/s1. The van der Waals surface area contributed by atoms with Crippen LogP contribution in [0.4, 0.5) is 37.6 Å². The van der Waals surface area contributed by atoms with Gasteiger partial charge in [-0.25, -0.2) is 13.8 Å². The lowest BCUT2D eigenvalue weighted by Gasteiger charge is -2.34. The van der Waals surface area contributed by atoms with Crippen molar-refractivity contribution in [3.05, 3.63) is 75.3 Å². The average Bonchev–Trinajstić information content (AvgIpc) is 3.97. The number of fused-ring (bicyclic) bond motifs is 5. The maximum Gasteiger partial charge on any atom is 0.301 e. The van der Waals surface area contributed by atoms with Gasteiger partial charge in [0.15, 0.2) is 18.2 Å². The molecule has 1 unspecified atom stereocenters. The van der Waals surface area contributed by atoms with Crippen LogP contribution in [-0.2, 0) is 36.8 Å². The zero-order chi connectivity index (χ0) is 43.3. The summed E-state index contributed by atoms with van der Waals surface area (Å²) in [5.41, 5.74) is 3.66. The predicted molar refractivity (Wildman–Crippen MR) is 231 cm³/mol. The van der Waals surface area contributed by atoms with Gasteiger partial charge in [-0.1, -0.05) is 11.6 Å². The fourth-order valence-corrected chi connectivity index (χ4v) is 9.89. The number of aryl methyl sites for hydroxylation is 2. The number of carbonyl (C=O) groups is 2. The van der Waals surface area contributed by atoms with Crippen molar-refractivity contribution in [3.8, 4) is 5.75 Å². The first-order valence-electron chi connectivity index (χ1n) is 21.4. The summed E-state index contributed by atoms with van der Waals surface area (Å²) < 4.78 is 41.3. The summed E-state index contributed by atoms with van der Waals surface area (Å²) in [4.78, 5) is 51.4. The largest absolute Gasteiger partial charge is 0.480 e. The number of anilines is 5. The lowest BCUT2D eigenvalue weighted by Crippen LogP contribution is -2.44. The molecule has 8 heterocycles. The number of piperidine rings is 2. The molecule has 0 radical (unpaired) electrons. The van der Waals surface area contributed by atoms with Gasteiger partial charge < -0.3 is 34.3 Å². The van der Waals surface area contributed by atoms with E-state index < -0.39 is 30.0 Å². The maximum absolute atomic E-state index is 15.2. The molecule has 1 saturated carbocycles. The maximum atomic E-state index is 15.2. The van der Waals surface area contributed by atoms with Crippen molar-refractivity contribution in [2.75, 3.05) is 46.7 Å². The van der Waals surface area contributed by atoms with Crippen molar-refractivity contribution in [1.29, 1.82) is 0 Å². The van der Waals surface area contributed by atoms with Crippen LogP contribution < -0.4 is 36.0 Å². The number of aromatic nitrogens is 8. The number of pyridine rings is 1. The molecular weight excluding hydrogens is 836 g/mol. The monoisotopic (exact) mass is 879 g/mol. The van der Waals surface area contributed by atoms with Crippen LogP contribution in [0.15, 0.2) is 47.4 Å². The van der Waals surface area contributed by atoms with E-state index in [1.54, 1.807) is 31.4 Å². The van der Waals surface area contributed by atoms with Gasteiger partial charge in [-0.3, -0.25) is 24.4 Å². The Kier molecular flexibility index (Phi) is 9.32. The van der Waals surface area contributed by atoms with Gasteiger partial charge in [0.2, 0.25) is 23.5 Å². The normalized spacial score (nSPS) is 21.4. The van der Waals surface area contributed by atoms with E-state index in [1.165, 1.54) is 4.57 Å². The van der Waals surface area contributed by atoms with Crippen LogP contribution in [0, 0.1) is 5.92 Å². The van der Waals surface area contributed by atoms with Crippen molar-refractivity contribution >= 4 is 74.0 Å². The summed E-state index contributed by atoms with van der Waals surface area (Å²) in [6.07, 6.45) is 5.50. The minimum absolute atomic E-state index is 0.123. The summed E-state index contributed by atoms with van der Waals surface area (Å²) in [5.74, 6) is -1.57. The number of amides is 2. The average molecular weight is 880 g/mol. The number of hydrogen-bond donors (Lipinski definition) is 3. The first-order valence-corrected chi connectivity index (χ1v) is 21.7. The molecule has 2 saturated heterocycles. The van der Waals surface area contributed by atoms with E-state index in [1.807, 2.05) is 22.7 Å². The first-order chi connectivity index (χ1) is 30.4. The molecule has 63 heavy (non-hydrogen) atoms. The summed E-state index contributed by atoms with van der Waals surface area (Å²) in [5, 5.41) is 24.6. The third-order valence-electron chi connectivity index (χ3n) is 13.3. The molecule has 326 valence electrons. The number of hydrogen-bond acceptors (Lipinski definition) is 13. The molecule has 2 aromatic carbocycles. The van der Waals surface area contributed by atoms with E-state index in [-0.39, 0.29) is 35.1 Å². The number of imide groups is 1. The van der Waals surface area contributed by atoms with Crippen molar-refractivity contribution in [1.82, 2.24) is 44.4 Å². The highest BCUT2D eigenvalue weighted by molar-refractivity contribution is 6.33. The van der Waals surface area contributed by atoms with E-state index in [2.05, 4.69) is 47.6 Å². The molecule has 4 aliphatic heterocycles. The van der Waals surface area contributed by atoms with Crippen molar-refractivity contribution in [2.24, 2.45) is 20.0 Å². The van der Waals surface area contributed by atoms with Gasteiger partial charge in [-0.2, -0.15) is 10.1 Å². The lowest BCUT2D eigenvalue weighted by atomic mass is 9.92. The number of benzene rings is 2. The van der Waals surface area contributed by atoms with E-state index in [4.69, 9.17) is 31.5 Å². The molecule has 3 N–H and O–H groups in total. The SMILES string of the molecule is Cn1nc(C2CCC(=O)NC2=O)c2ccc(N3CCC(c4nnc5n4CCN(c4ncc(Cl)c(Nc6ccc7c(c6)c6c(c(=O)n7C)OCC(F)(F)[C@H](C7CC7)N6)n4)C5)CC3)cc21. The van der Waals surface area contributed by atoms with Crippen LogP contribution in [0.1, 0.15) is 67.7 Å². The Hall–Kier alpha value is -6.37. The minimum atomic E-state index is -3.15. The van der Waals surface area contributed by atoms with Gasteiger partial charge >= 0.3 is 5.92 Å². The third-order valence-corrected chi connectivity index (χ3v) is 13.6. The molecule has 0 bridgehead atoms. The summed E-state index contributed by atoms with van der Waals surface area (Å²) >= 11 is 6.65. The predicted octanol–water partition coefficient (Wildman–Crippen LogP) is 5.35. The van der Waals surface area contributed by atoms with E-state index in [9.17, 15) is 14.4 Å². The van der Waals surface area contributed by atoms with E-state index >= 15 is 8.78 Å². The number of ether oxygens (including phenoxy) is 1. The highest BCUT2D eigenvalue weighted by Gasteiger charge is 2.51. The fourth-order valence-electron chi connectivity index (χ4n) is 9.75. The van der Waals surface area contributed by atoms with Gasteiger partial charge in [-0.05, 0) is 74.4 Å². The van der Waals surface area contributed by atoms with Crippen LogP contribution in [0.2, 0.25) is 5.02 Å². The second kappa shape index (κ2) is 14.9. The highest BCUT2D eigenvalue weighted by atomic mass is 35.5. The van der Waals surface area contributed by atoms with Gasteiger partial charge in [0.25, 0.3) is 5.56 Å². The Morgan fingerprint density at radius 1 is 0.921 bits per heavy atom. The second-order valence-electron chi connectivity index (χ2n) is 17.3. The third kappa shape index (κ3) is 6.87. The number of alkyl halides is 2. The summed E-state index contributed by atoms with van der Waals surface area (Å²) in [6.45, 7) is 2.55. The summed E-state index contributed by atoms with van der Waals surface area (Å²) in [7, 11) is 3.48. The molecule has 0 spiro atoms. The van der Waals surface area contributed by atoms with Crippen molar-refractivity contribution < 1.29 is 23.1 Å². The Balaban J connectivity index is 0.775. The van der Waals surface area contributed by atoms with Gasteiger partial charge in [0.05, 0.1) is 47.1 Å². The molecule has 11 rings (SSSR count). The second-order valence-corrected chi connectivity index (χ2v) is 17.7. The first kappa shape index (κ1) is 39.5. The molecule has 6 aromatic rings. The van der Waals surface area contributed by atoms with E-state index in [0.29, 0.717) is 84.4 Å².